The van der Waals surface area contributed by atoms with Crippen molar-refractivity contribution in [3.63, 3.8) is 0 Å². The van der Waals surface area contributed by atoms with E-state index in [1.807, 2.05) is 19.9 Å². The second kappa shape index (κ2) is 7.40. The van der Waals surface area contributed by atoms with E-state index < -0.39 is 6.09 Å². The molecule has 1 unspecified atom stereocenters. The number of benzene rings is 2. The van der Waals surface area contributed by atoms with Crippen LogP contribution in [0.2, 0.25) is 0 Å². The van der Waals surface area contributed by atoms with Crippen LogP contribution in [0.25, 0.3) is 0 Å². The van der Waals surface area contributed by atoms with Crippen molar-refractivity contribution >= 4 is 6.09 Å². The summed E-state index contributed by atoms with van der Waals surface area (Å²) in [6.07, 6.45) is 1.33. The predicted molar refractivity (Wildman–Crippen MR) is 110 cm³/mol. The van der Waals surface area contributed by atoms with E-state index in [2.05, 4.69) is 28.4 Å². The fourth-order valence-electron chi connectivity index (χ4n) is 4.62. The van der Waals surface area contributed by atoms with Crippen molar-refractivity contribution in [1.82, 2.24) is 10.2 Å². The number of fused-ring (bicyclic) bond motifs is 5. The normalized spacial score (nSPS) is 19.0. The summed E-state index contributed by atoms with van der Waals surface area (Å²) in [5.41, 5.74) is 4.82. The Morgan fingerprint density at radius 2 is 2.00 bits per heavy atom. The maximum Gasteiger partial charge on any atom is 0.412 e. The largest absolute Gasteiger partial charge is 0.493 e. The van der Waals surface area contributed by atoms with Crippen LogP contribution in [0.1, 0.15) is 42.1 Å². The number of amides is 1. The molecule has 0 radical (unpaired) electrons. The molecule has 3 aliphatic rings. The number of nitrogens with one attached hydrogen (secondary N) is 1. The van der Waals surface area contributed by atoms with Crippen LogP contribution >= 0.6 is 0 Å². The summed E-state index contributed by atoms with van der Waals surface area (Å²) < 4.78 is 22.4. The topological polar surface area (TPSA) is 69.3 Å². The minimum atomic E-state index is -0.462. The zero-order valence-electron chi connectivity index (χ0n) is 17.5. The van der Waals surface area contributed by atoms with Crippen molar-refractivity contribution in [1.29, 1.82) is 0 Å². The van der Waals surface area contributed by atoms with Crippen LogP contribution in [-0.2, 0) is 19.4 Å². The van der Waals surface area contributed by atoms with E-state index in [9.17, 15) is 4.79 Å². The van der Waals surface area contributed by atoms with Gasteiger partial charge in [0.15, 0.2) is 23.0 Å². The Labute approximate surface area is 175 Å². The molecule has 0 aliphatic carbocycles. The summed E-state index contributed by atoms with van der Waals surface area (Å²) in [4.78, 5) is 14.7. The monoisotopic (exact) mass is 410 g/mol. The smallest absolute Gasteiger partial charge is 0.412 e. The number of carbonyl (C=O) groups is 1. The van der Waals surface area contributed by atoms with Gasteiger partial charge in [-0.3, -0.25) is 4.90 Å². The first-order valence-corrected chi connectivity index (χ1v) is 10.4. The highest BCUT2D eigenvalue weighted by Gasteiger charge is 2.36. The molecule has 5 rings (SSSR count). The van der Waals surface area contributed by atoms with Gasteiger partial charge < -0.3 is 24.3 Å². The number of methoxy groups -OCH3 is 1. The Morgan fingerprint density at radius 3 is 2.77 bits per heavy atom. The fourth-order valence-corrected chi connectivity index (χ4v) is 4.62. The summed E-state index contributed by atoms with van der Waals surface area (Å²) in [5, 5.41) is 2.79. The molecular formula is C23H26N2O5. The average molecular weight is 410 g/mol. The molecule has 7 heteroatoms. The quantitative estimate of drug-likeness (QED) is 0.834. The van der Waals surface area contributed by atoms with Crippen LogP contribution in [0.3, 0.4) is 0 Å². The molecule has 30 heavy (non-hydrogen) atoms. The molecule has 0 bridgehead atoms. The van der Waals surface area contributed by atoms with Crippen molar-refractivity contribution in [2.75, 3.05) is 20.4 Å². The average Bonchev–Trinajstić information content (AvgIpc) is 3.18. The molecule has 1 N–H and O–H groups in total. The first-order valence-electron chi connectivity index (χ1n) is 10.4. The molecule has 7 nitrogen and oxygen atoms in total. The molecule has 1 atom stereocenters. The van der Waals surface area contributed by atoms with Gasteiger partial charge in [-0.05, 0) is 61.6 Å². The van der Waals surface area contributed by atoms with Gasteiger partial charge in [0.25, 0.3) is 0 Å². The van der Waals surface area contributed by atoms with Crippen molar-refractivity contribution in [2.24, 2.45) is 0 Å². The van der Waals surface area contributed by atoms with Gasteiger partial charge in [-0.25, -0.2) is 4.79 Å². The second-order valence-electron chi connectivity index (χ2n) is 8.27. The van der Waals surface area contributed by atoms with Gasteiger partial charge in [0.05, 0.1) is 7.11 Å². The maximum atomic E-state index is 12.3. The highest BCUT2D eigenvalue weighted by atomic mass is 16.7. The molecular weight excluding hydrogens is 384 g/mol. The Hall–Kier alpha value is -2.93. The molecule has 0 saturated carbocycles. The molecule has 3 heterocycles. The number of nitrogens with zero attached hydrogens (tertiary/aromatic N) is 1. The summed E-state index contributed by atoms with van der Waals surface area (Å²) in [6.45, 7) is 5.73. The third-order valence-corrected chi connectivity index (χ3v) is 6.02. The van der Waals surface area contributed by atoms with Gasteiger partial charge in [0.1, 0.15) is 0 Å². The highest BCUT2D eigenvalue weighted by molar-refractivity contribution is 5.73. The first kappa shape index (κ1) is 19.1. The van der Waals surface area contributed by atoms with Crippen molar-refractivity contribution < 1.29 is 23.7 Å². The van der Waals surface area contributed by atoms with E-state index in [4.69, 9.17) is 18.9 Å². The lowest BCUT2D eigenvalue weighted by atomic mass is 9.83. The van der Waals surface area contributed by atoms with Crippen molar-refractivity contribution in [3.8, 4) is 23.0 Å². The summed E-state index contributed by atoms with van der Waals surface area (Å²) in [7, 11) is 1.60. The van der Waals surface area contributed by atoms with Gasteiger partial charge in [0.2, 0.25) is 6.79 Å². The van der Waals surface area contributed by atoms with E-state index in [1.54, 1.807) is 7.11 Å². The molecule has 0 saturated heterocycles. The van der Waals surface area contributed by atoms with Gasteiger partial charge in [0, 0.05) is 30.7 Å². The van der Waals surface area contributed by atoms with Gasteiger partial charge in [-0.1, -0.05) is 6.07 Å². The van der Waals surface area contributed by atoms with Crippen LogP contribution < -0.4 is 24.3 Å². The summed E-state index contributed by atoms with van der Waals surface area (Å²) >= 11 is 0. The molecule has 1 amide bonds. The Kier molecular flexibility index (Phi) is 4.70. The van der Waals surface area contributed by atoms with Crippen LogP contribution in [0.15, 0.2) is 24.3 Å². The van der Waals surface area contributed by atoms with Crippen molar-refractivity contribution in [3.05, 3.63) is 46.5 Å². The Balaban J connectivity index is 1.49. The van der Waals surface area contributed by atoms with Crippen LogP contribution in [0, 0.1) is 0 Å². The van der Waals surface area contributed by atoms with E-state index in [-0.39, 0.29) is 18.9 Å². The summed E-state index contributed by atoms with van der Waals surface area (Å²) in [5.74, 6) is 2.76. The predicted octanol–water partition coefficient (Wildman–Crippen LogP) is 3.58. The summed E-state index contributed by atoms with van der Waals surface area (Å²) in [6, 6.07) is 8.50. The molecule has 0 fully saturated rings. The molecule has 2 aromatic rings. The van der Waals surface area contributed by atoms with E-state index >= 15 is 0 Å². The molecule has 0 aromatic heterocycles. The standard InChI is InChI=1S/C23H26N2O5/c1-13(2)24-23(26)30-22-17-11-25-7-6-15-9-20-21(29-12-28-20)10-16(15)18(25)8-14(17)4-5-19(22)27-3/h4-5,9-10,13,18H,6-8,11-12H2,1-3H3,(H,24,26). The molecule has 2 aromatic carbocycles. The van der Waals surface area contributed by atoms with Gasteiger partial charge in [-0.2, -0.15) is 0 Å². The lowest BCUT2D eigenvalue weighted by molar-refractivity contribution is 0.155. The zero-order valence-corrected chi connectivity index (χ0v) is 17.5. The van der Waals surface area contributed by atoms with Gasteiger partial charge >= 0.3 is 6.09 Å². The Morgan fingerprint density at radius 1 is 1.20 bits per heavy atom. The lowest BCUT2D eigenvalue weighted by Gasteiger charge is -2.42. The third-order valence-electron chi connectivity index (χ3n) is 6.02. The van der Waals surface area contributed by atoms with Crippen LogP contribution in [-0.4, -0.2) is 37.5 Å². The minimum Gasteiger partial charge on any atom is -0.493 e. The highest BCUT2D eigenvalue weighted by Crippen LogP contribution is 2.46. The fraction of sp³-hybridized carbons (Fsp3) is 0.435. The van der Waals surface area contributed by atoms with E-state index in [0.29, 0.717) is 18.0 Å². The number of hydrogen-bond donors (Lipinski definition) is 1. The Bertz CT molecular complexity index is 1000. The second-order valence-corrected chi connectivity index (χ2v) is 8.27. The van der Waals surface area contributed by atoms with Gasteiger partial charge in [-0.15, -0.1) is 0 Å². The lowest BCUT2D eigenvalue weighted by Crippen LogP contribution is -2.40. The number of hydrogen-bond acceptors (Lipinski definition) is 6. The van der Waals surface area contributed by atoms with E-state index in [1.165, 1.54) is 16.7 Å². The zero-order chi connectivity index (χ0) is 20.8. The SMILES string of the molecule is COc1ccc2c(c1OC(=O)NC(C)C)CN1CCc3cc4c(cc3C1C2)OCO4. The molecule has 0 spiro atoms. The maximum absolute atomic E-state index is 12.3. The minimum absolute atomic E-state index is 0.000984. The molecule has 3 aliphatic heterocycles. The first-order chi connectivity index (χ1) is 14.5. The van der Waals surface area contributed by atoms with Crippen LogP contribution in [0.4, 0.5) is 4.79 Å². The molecule has 158 valence electrons. The number of rotatable bonds is 3. The number of ether oxygens (including phenoxy) is 4. The number of carbonyl (C=O) groups excluding carboxylic acids is 1. The third kappa shape index (κ3) is 3.23. The van der Waals surface area contributed by atoms with E-state index in [0.717, 1.165) is 36.4 Å². The van der Waals surface area contributed by atoms with Crippen LogP contribution in [0.5, 0.6) is 23.0 Å². The van der Waals surface area contributed by atoms with Crippen molar-refractivity contribution in [2.45, 2.75) is 45.3 Å².